The lowest BCUT2D eigenvalue weighted by Crippen LogP contribution is -2.12. The van der Waals surface area contributed by atoms with Crippen LogP contribution in [0.15, 0.2) is 23.2 Å². The molecule has 0 saturated heterocycles. The summed E-state index contributed by atoms with van der Waals surface area (Å²) >= 11 is 0. The van der Waals surface area contributed by atoms with Crippen molar-refractivity contribution in [1.29, 1.82) is 0 Å². The molecule has 0 N–H and O–H groups in total. The van der Waals surface area contributed by atoms with Gasteiger partial charge in [0.05, 0.1) is 17.7 Å². The lowest BCUT2D eigenvalue weighted by molar-refractivity contribution is 0.427. The summed E-state index contributed by atoms with van der Waals surface area (Å²) in [6.45, 7) is 10.5. The average molecular weight is 328 g/mol. The van der Waals surface area contributed by atoms with Gasteiger partial charge in [-0.3, -0.25) is 0 Å². The number of benzene rings is 1. The van der Waals surface area contributed by atoms with Gasteiger partial charge in [0.25, 0.3) is 0 Å². The van der Waals surface area contributed by atoms with E-state index < -0.39 is 0 Å². The Kier molecular flexibility index (Phi) is 5.02. The SMILES string of the molecule is Cc1cc(Oc2cc(C(C)(C)C)nn2C)c(C)cc1N=CN(C)C. The largest absolute Gasteiger partial charge is 0.439 e. The van der Waals surface area contributed by atoms with Crippen LogP contribution in [0.2, 0.25) is 0 Å². The minimum atomic E-state index is -0.00488. The highest BCUT2D eigenvalue weighted by atomic mass is 16.5. The van der Waals surface area contributed by atoms with E-state index in [1.165, 1.54) is 0 Å². The number of ether oxygens (including phenoxy) is 1. The third-order valence-corrected chi connectivity index (χ3v) is 3.74. The van der Waals surface area contributed by atoms with Crippen LogP contribution < -0.4 is 4.74 Å². The number of aliphatic imine (C=N–C) groups is 1. The Labute approximate surface area is 145 Å². The first-order chi connectivity index (χ1) is 11.1. The Balaban J connectivity index is 2.31. The number of hydrogen-bond donors (Lipinski definition) is 0. The predicted octanol–water partition coefficient (Wildman–Crippen LogP) is 4.35. The van der Waals surface area contributed by atoms with Crippen LogP contribution in [0.1, 0.15) is 37.6 Å². The first-order valence-electron chi connectivity index (χ1n) is 8.12. The zero-order chi connectivity index (χ0) is 18.1. The van der Waals surface area contributed by atoms with Gasteiger partial charge >= 0.3 is 0 Å². The van der Waals surface area contributed by atoms with Gasteiger partial charge in [-0.25, -0.2) is 9.67 Å². The molecule has 0 amide bonds. The maximum absolute atomic E-state index is 6.12. The van der Waals surface area contributed by atoms with Gasteiger partial charge in [0.2, 0.25) is 5.88 Å². The van der Waals surface area contributed by atoms with Crippen molar-refractivity contribution < 1.29 is 4.74 Å². The molecule has 0 radical (unpaired) electrons. The Morgan fingerprint density at radius 1 is 1.12 bits per heavy atom. The Morgan fingerprint density at radius 3 is 2.33 bits per heavy atom. The molecule has 0 atom stereocenters. The van der Waals surface area contributed by atoms with Crippen LogP contribution in [0.25, 0.3) is 0 Å². The molecule has 1 heterocycles. The smallest absolute Gasteiger partial charge is 0.217 e. The van der Waals surface area contributed by atoms with Crippen molar-refractivity contribution in [3.05, 3.63) is 35.0 Å². The maximum atomic E-state index is 6.12. The first-order valence-corrected chi connectivity index (χ1v) is 8.12. The van der Waals surface area contributed by atoms with Gasteiger partial charge in [0, 0.05) is 32.6 Å². The summed E-state index contributed by atoms with van der Waals surface area (Å²) in [6.07, 6.45) is 1.80. The second kappa shape index (κ2) is 6.67. The molecule has 0 aliphatic heterocycles. The topological polar surface area (TPSA) is 42.6 Å². The van der Waals surface area contributed by atoms with Gasteiger partial charge in [-0.05, 0) is 37.1 Å². The van der Waals surface area contributed by atoms with E-state index in [0.717, 1.165) is 34.1 Å². The Morgan fingerprint density at radius 2 is 1.79 bits per heavy atom. The maximum Gasteiger partial charge on any atom is 0.217 e. The van der Waals surface area contributed by atoms with Gasteiger partial charge in [-0.15, -0.1) is 0 Å². The molecule has 0 fully saturated rings. The molecule has 1 aromatic carbocycles. The molecular weight excluding hydrogens is 300 g/mol. The van der Waals surface area contributed by atoms with E-state index in [1.807, 2.05) is 58.1 Å². The van der Waals surface area contributed by atoms with Crippen LogP contribution in [0.5, 0.6) is 11.6 Å². The van der Waals surface area contributed by atoms with E-state index in [4.69, 9.17) is 4.74 Å². The van der Waals surface area contributed by atoms with Gasteiger partial charge < -0.3 is 9.64 Å². The highest BCUT2D eigenvalue weighted by molar-refractivity contribution is 5.64. The molecule has 0 unspecified atom stereocenters. The molecule has 24 heavy (non-hydrogen) atoms. The second-order valence-corrected chi connectivity index (χ2v) is 7.46. The zero-order valence-electron chi connectivity index (χ0n) is 16.0. The lowest BCUT2D eigenvalue weighted by Gasteiger charge is -2.13. The third kappa shape index (κ3) is 4.16. The van der Waals surface area contributed by atoms with E-state index in [0.29, 0.717) is 0 Å². The molecule has 0 spiro atoms. The highest BCUT2D eigenvalue weighted by Crippen LogP contribution is 2.33. The van der Waals surface area contributed by atoms with E-state index in [1.54, 1.807) is 11.0 Å². The Bertz CT molecular complexity index is 751. The van der Waals surface area contributed by atoms with Crippen LogP contribution in [0.3, 0.4) is 0 Å². The molecule has 5 nitrogen and oxygen atoms in total. The number of aromatic nitrogens is 2. The summed E-state index contributed by atoms with van der Waals surface area (Å²) in [5, 5.41) is 4.56. The quantitative estimate of drug-likeness (QED) is 0.619. The average Bonchev–Trinajstić information content (AvgIpc) is 2.82. The fourth-order valence-electron chi connectivity index (χ4n) is 2.23. The van der Waals surface area contributed by atoms with Crippen molar-refractivity contribution in [3.63, 3.8) is 0 Å². The van der Waals surface area contributed by atoms with E-state index in [2.05, 4.69) is 30.9 Å². The minimum absolute atomic E-state index is 0.00488. The molecule has 0 aliphatic rings. The van der Waals surface area contributed by atoms with Crippen molar-refractivity contribution in [2.75, 3.05) is 14.1 Å². The van der Waals surface area contributed by atoms with E-state index in [9.17, 15) is 0 Å². The van der Waals surface area contributed by atoms with Crippen molar-refractivity contribution >= 4 is 12.0 Å². The summed E-state index contributed by atoms with van der Waals surface area (Å²) in [5.74, 6) is 1.58. The monoisotopic (exact) mass is 328 g/mol. The molecule has 130 valence electrons. The van der Waals surface area contributed by atoms with Crippen LogP contribution in [0.4, 0.5) is 5.69 Å². The predicted molar refractivity (Wildman–Crippen MR) is 99.7 cm³/mol. The van der Waals surface area contributed by atoms with Gasteiger partial charge in [0.15, 0.2) is 0 Å². The molecule has 1 aromatic heterocycles. The van der Waals surface area contributed by atoms with Crippen molar-refractivity contribution in [1.82, 2.24) is 14.7 Å². The zero-order valence-corrected chi connectivity index (χ0v) is 16.0. The molecule has 0 saturated carbocycles. The molecule has 0 bridgehead atoms. The van der Waals surface area contributed by atoms with Gasteiger partial charge in [-0.1, -0.05) is 20.8 Å². The summed E-state index contributed by atoms with van der Waals surface area (Å²) in [6, 6.07) is 6.08. The van der Waals surface area contributed by atoms with Crippen LogP contribution >= 0.6 is 0 Å². The standard InChI is InChI=1S/C19H28N4O/c1-13-10-16(14(2)9-15(13)20-12-22(6)7)24-18-11-17(19(3,4)5)21-23(18)8/h9-12H,1-8H3. The first kappa shape index (κ1) is 18.0. The molecule has 0 aliphatic carbocycles. The molecular formula is C19H28N4O. The van der Waals surface area contributed by atoms with Gasteiger partial charge in [-0.2, -0.15) is 5.10 Å². The van der Waals surface area contributed by atoms with Crippen molar-refractivity contribution in [2.24, 2.45) is 12.0 Å². The van der Waals surface area contributed by atoms with Crippen molar-refractivity contribution in [2.45, 2.75) is 40.0 Å². The minimum Gasteiger partial charge on any atom is -0.439 e. The second-order valence-electron chi connectivity index (χ2n) is 7.46. The normalized spacial score (nSPS) is 12.0. The van der Waals surface area contributed by atoms with Crippen LogP contribution in [0, 0.1) is 13.8 Å². The molecule has 2 aromatic rings. The number of aryl methyl sites for hydroxylation is 3. The summed E-state index contributed by atoms with van der Waals surface area (Å²) in [7, 11) is 5.82. The van der Waals surface area contributed by atoms with Crippen molar-refractivity contribution in [3.8, 4) is 11.6 Å². The van der Waals surface area contributed by atoms with E-state index in [-0.39, 0.29) is 5.41 Å². The fraction of sp³-hybridized carbons (Fsp3) is 0.474. The number of nitrogens with zero attached hydrogens (tertiary/aromatic N) is 4. The summed E-state index contributed by atoms with van der Waals surface area (Å²) in [4.78, 5) is 6.42. The summed E-state index contributed by atoms with van der Waals surface area (Å²) < 4.78 is 7.90. The molecule has 5 heteroatoms. The van der Waals surface area contributed by atoms with Gasteiger partial charge in [0.1, 0.15) is 5.75 Å². The molecule has 2 rings (SSSR count). The van der Waals surface area contributed by atoms with E-state index >= 15 is 0 Å². The lowest BCUT2D eigenvalue weighted by atomic mass is 9.93. The number of hydrogen-bond acceptors (Lipinski definition) is 3. The number of rotatable bonds is 4. The third-order valence-electron chi connectivity index (χ3n) is 3.74. The fourth-order valence-corrected chi connectivity index (χ4v) is 2.23. The van der Waals surface area contributed by atoms with Crippen LogP contribution in [-0.2, 0) is 12.5 Å². The highest BCUT2D eigenvalue weighted by Gasteiger charge is 2.20. The van der Waals surface area contributed by atoms with Crippen LogP contribution in [-0.4, -0.2) is 35.1 Å². The summed E-state index contributed by atoms with van der Waals surface area (Å²) in [5.41, 5.74) is 4.09. The Hall–Kier alpha value is -2.30.